The molecule has 0 aliphatic rings. The highest BCUT2D eigenvalue weighted by atomic mass is 15.3. The van der Waals surface area contributed by atoms with Crippen LogP contribution in [-0.2, 0) is 6.54 Å². The Balaban J connectivity index is 2.50. The molecule has 92 valence electrons. The second kappa shape index (κ2) is 6.56. The van der Waals surface area contributed by atoms with Gasteiger partial charge in [0.15, 0.2) is 0 Å². The van der Waals surface area contributed by atoms with Gasteiger partial charge >= 0.3 is 0 Å². The van der Waals surface area contributed by atoms with Gasteiger partial charge < -0.3 is 5.32 Å². The molecule has 0 fully saturated rings. The van der Waals surface area contributed by atoms with Gasteiger partial charge in [-0.3, -0.25) is 4.68 Å². The summed E-state index contributed by atoms with van der Waals surface area (Å²) in [6.45, 7) is 9.87. The number of nitrogens with one attached hydrogen (secondary N) is 1. The van der Waals surface area contributed by atoms with Gasteiger partial charge in [0, 0.05) is 18.8 Å². The lowest BCUT2D eigenvalue weighted by Gasteiger charge is -2.15. The summed E-state index contributed by atoms with van der Waals surface area (Å²) in [5.74, 6) is 0.644. The van der Waals surface area contributed by atoms with Gasteiger partial charge in [-0.25, -0.2) is 0 Å². The van der Waals surface area contributed by atoms with Crippen LogP contribution >= 0.6 is 0 Å². The summed E-state index contributed by atoms with van der Waals surface area (Å²) in [4.78, 5) is 0. The molecule has 0 bridgehead atoms. The fourth-order valence-corrected chi connectivity index (χ4v) is 1.87. The highest BCUT2D eigenvalue weighted by Gasteiger charge is 2.06. The van der Waals surface area contributed by atoms with Crippen LogP contribution in [0.25, 0.3) is 0 Å². The van der Waals surface area contributed by atoms with E-state index >= 15 is 0 Å². The van der Waals surface area contributed by atoms with E-state index in [0.717, 1.165) is 12.2 Å². The normalized spacial score (nSPS) is 13.1. The molecule has 16 heavy (non-hydrogen) atoms. The van der Waals surface area contributed by atoms with E-state index in [9.17, 15) is 0 Å². The largest absolute Gasteiger partial charge is 0.380 e. The molecule has 0 saturated heterocycles. The van der Waals surface area contributed by atoms with E-state index in [0.29, 0.717) is 12.0 Å². The lowest BCUT2D eigenvalue weighted by Crippen LogP contribution is -2.17. The smallest absolute Gasteiger partial charge is 0.0728 e. The number of anilines is 1. The molecule has 0 spiro atoms. The van der Waals surface area contributed by atoms with Crippen LogP contribution in [0.3, 0.4) is 0 Å². The second-order valence-electron chi connectivity index (χ2n) is 4.88. The quantitative estimate of drug-likeness (QED) is 0.766. The van der Waals surface area contributed by atoms with Crippen molar-refractivity contribution in [3.05, 3.63) is 12.4 Å². The maximum atomic E-state index is 4.36. The molecule has 0 saturated carbocycles. The molecule has 1 N–H and O–H groups in total. The molecule has 0 radical (unpaired) electrons. The molecule has 1 aromatic heterocycles. The number of nitrogens with zero attached hydrogens (tertiary/aromatic N) is 2. The predicted molar refractivity (Wildman–Crippen MR) is 69.7 cm³/mol. The summed E-state index contributed by atoms with van der Waals surface area (Å²) < 4.78 is 2.02. The minimum Gasteiger partial charge on any atom is -0.380 e. The minimum absolute atomic E-state index is 0.585. The summed E-state index contributed by atoms with van der Waals surface area (Å²) in [5, 5.41) is 7.90. The SMILES string of the molecule is CCCC(CC)Nc1cnn(CC(C)C)c1. The van der Waals surface area contributed by atoms with Crippen molar-refractivity contribution in [2.24, 2.45) is 5.92 Å². The average molecular weight is 223 g/mol. The number of hydrogen-bond donors (Lipinski definition) is 1. The molecule has 1 heterocycles. The van der Waals surface area contributed by atoms with Crippen LogP contribution in [0, 0.1) is 5.92 Å². The van der Waals surface area contributed by atoms with E-state index < -0.39 is 0 Å². The maximum Gasteiger partial charge on any atom is 0.0728 e. The van der Waals surface area contributed by atoms with Crippen LogP contribution < -0.4 is 5.32 Å². The highest BCUT2D eigenvalue weighted by Crippen LogP contribution is 2.12. The lowest BCUT2D eigenvalue weighted by molar-refractivity contribution is 0.483. The van der Waals surface area contributed by atoms with Crippen molar-refractivity contribution in [1.82, 2.24) is 9.78 Å². The van der Waals surface area contributed by atoms with Gasteiger partial charge in [0.05, 0.1) is 11.9 Å². The molecular weight excluding hydrogens is 198 g/mol. The fraction of sp³-hybridized carbons (Fsp3) is 0.769. The Morgan fingerprint density at radius 3 is 2.69 bits per heavy atom. The Bertz CT molecular complexity index is 291. The van der Waals surface area contributed by atoms with E-state index in [1.165, 1.54) is 19.3 Å². The Labute approximate surface area is 99.2 Å². The maximum absolute atomic E-state index is 4.36. The third-order valence-corrected chi connectivity index (χ3v) is 2.69. The van der Waals surface area contributed by atoms with Crippen molar-refractivity contribution in [1.29, 1.82) is 0 Å². The first-order chi connectivity index (χ1) is 7.65. The molecule has 3 heteroatoms. The topological polar surface area (TPSA) is 29.9 Å². The zero-order valence-corrected chi connectivity index (χ0v) is 11.0. The van der Waals surface area contributed by atoms with Crippen LogP contribution in [0.2, 0.25) is 0 Å². The summed E-state index contributed by atoms with van der Waals surface area (Å²) in [5.41, 5.74) is 1.15. The first-order valence-corrected chi connectivity index (χ1v) is 6.44. The fourth-order valence-electron chi connectivity index (χ4n) is 1.87. The standard InChI is InChI=1S/C13H25N3/c1-5-7-12(6-2)15-13-8-14-16(10-13)9-11(3)4/h8,10-12,15H,5-7,9H2,1-4H3. The lowest BCUT2D eigenvalue weighted by atomic mass is 10.1. The Kier molecular flexibility index (Phi) is 5.36. The average Bonchev–Trinajstić information content (AvgIpc) is 2.64. The van der Waals surface area contributed by atoms with Crippen LogP contribution in [-0.4, -0.2) is 15.8 Å². The zero-order chi connectivity index (χ0) is 12.0. The molecule has 0 aromatic carbocycles. The molecule has 1 aromatic rings. The van der Waals surface area contributed by atoms with E-state index in [4.69, 9.17) is 0 Å². The van der Waals surface area contributed by atoms with Crippen LogP contribution in [0.5, 0.6) is 0 Å². The Morgan fingerprint density at radius 2 is 2.12 bits per heavy atom. The number of hydrogen-bond acceptors (Lipinski definition) is 2. The molecule has 0 aliphatic carbocycles. The van der Waals surface area contributed by atoms with Gasteiger partial charge in [0.25, 0.3) is 0 Å². The summed E-state index contributed by atoms with van der Waals surface area (Å²) in [6, 6.07) is 0.585. The zero-order valence-electron chi connectivity index (χ0n) is 11.0. The molecule has 1 unspecified atom stereocenters. The van der Waals surface area contributed by atoms with Crippen molar-refractivity contribution in [2.75, 3.05) is 5.32 Å². The van der Waals surface area contributed by atoms with Crippen molar-refractivity contribution in [3.8, 4) is 0 Å². The molecule has 1 rings (SSSR count). The summed E-state index contributed by atoms with van der Waals surface area (Å²) in [7, 11) is 0. The monoisotopic (exact) mass is 223 g/mol. The van der Waals surface area contributed by atoms with Gasteiger partial charge in [0.1, 0.15) is 0 Å². The molecule has 3 nitrogen and oxygen atoms in total. The van der Waals surface area contributed by atoms with Gasteiger partial charge in [-0.05, 0) is 18.8 Å². The number of rotatable bonds is 7. The first kappa shape index (κ1) is 13.1. The van der Waals surface area contributed by atoms with Crippen LogP contribution in [0.1, 0.15) is 47.0 Å². The van der Waals surface area contributed by atoms with E-state index in [-0.39, 0.29) is 0 Å². The van der Waals surface area contributed by atoms with Gasteiger partial charge in [-0.1, -0.05) is 34.1 Å². The van der Waals surface area contributed by atoms with Crippen molar-refractivity contribution in [3.63, 3.8) is 0 Å². The summed E-state index contributed by atoms with van der Waals surface area (Å²) in [6.07, 6.45) is 7.67. The van der Waals surface area contributed by atoms with E-state index in [1.54, 1.807) is 0 Å². The minimum atomic E-state index is 0.585. The van der Waals surface area contributed by atoms with Crippen LogP contribution in [0.4, 0.5) is 5.69 Å². The molecule has 1 atom stereocenters. The van der Waals surface area contributed by atoms with Crippen molar-refractivity contribution >= 4 is 5.69 Å². The number of aromatic nitrogens is 2. The summed E-state index contributed by atoms with van der Waals surface area (Å²) >= 11 is 0. The Morgan fingerprint density at radius 1 is 1.38 bits per heavy atom. The first-order valence-electron chi connectivity index (χ1n) is 6.44. The van der Waals surface area contributed by atoms with Crippen molar-refractivity contribution in [2.45, 2.75) is 59.5 Å². The van der Waals surface area contributed by atoms with Crippen molar-refractivity contribution < 1.29 is 0 Å². The predicted octanol–water partition coefficient (Wildman–Crippen LogP) is 3.53. The van der Waals surface area contributed by atoms with Crippen LogP contribution in [0.15, 0.2) is 12.4 Å². The van der Waals surface area contributed by atoms with Gasteiger partial charge in [-0.15, -0.1) is 0 Å². The molecule has 0 amide bonds. The second-order valence-corrected chi connectivity index (χ2v) is 4.88. The van der Waals surface area contributed by atoms with E-state index in [1.807, 2.05) is 10.9 Å². The third-order valence-electron chi connectivity index (χ3n) is 2.69. The van der Waals surface area contributed by atoms with E-state index in [2.05, 4.69) is 44.3 Å². The molecular formula is C13H25N3. The van der Waals surface area contributed by atoms with Gasteiger partial charge in [-0.2, -0.15) is 5.10 Å². The molecule has 0 aliphatic heterocycles. The third kappa shape index (κ3) is 4.25. The van der Waals surface area contributed by atoms with Gasteiger partial charge in [0.2, 0.25) is 0 Å². The Hall–Kier alpha value is -0.990. The highest BCUT2D eigenvalue weighted by molar-refractivity contribution is 5.39.